The Balaban J connectivity index is 2.09. The van der Waals surface area contributed by atoms with Gasteiger partial charge in [-0.3, -0.25) is 0 Å². The molecule has 0 aromatic heterocycles. The lowest BCUT2D eigenvalue weighted by Gasteiger charge is -2.17. The van der Waals surface area contributed by atoms with E-state index in [9.17, 15) is 0 Å². The Morgan fingerprint density at radius 2 is 1.39 bits per heavy atom. The largest absolute Gasteiger partial charge is 0.379 e. The molecule has 180 valence electrons. The molecule has 0 saturated heterocycles. The molecular formula is C29H52O2. The van der Waals surface area contributed by atoms with Gasteiger partial charge in [0.1, 0.15) is 0 Å². The molecule has 0 aliphatic rings. The van der Waals surface area contributed by atoms with Gasteiger partial charge in [-0.15, -0.1) is 0 Å². The SMILES string of the molecule is CCCCOC(CCC)COCCCCCc1cccc(CCCCCCC(C)C)c1. The van der Waals surface area contributed by atoms with E-state index in [-0.39, 0.29) is 6.10 Å². The summed E-state index contributed by atoms with van der Waals surface area (Å²) in [6.07, 6.45) is 17.9. The first-order valence-corrected chi connectivity index (χ1v) is 13.4. The van der Waals surface area contributed by atoms with Crippen molar-refractivity contribution >= 4 is 0 Å². The molecule has 31 heavy (non-hydrogen) atoms. The van der Waals surface area contributed by atoms with E-state index in [0.717, 1.165) is 51.4 Å². The maximum absolute atomic E-state index is 5.95. The van der Waals surface area contributed by atoms with E-state index >= 15 is 0 Å². The zero-order valence-corrected chi connectivity index (χ0v) is 21.3. The summed E-state index contributed by atoms with van der Waals surface area (Å²) in [6.45, 7) is 11.6. The van der Waals surface area contributed by atoms with Crippen LogP contribution >= 0.6 is 0 Å². The van der Waals surface area contributed by atoms with Gasteiger partial charge in [0, 0.05) is 13.2 Å². The van der Waals surface area contributed by atoms with Crippen LogP contribution in [0.2, 0.25) is 0 Å². The number of hydrogen-bond donors (Lipinski definition) is 0. The number of rotatable bonds is 21. The van der Waals surface area contributed by atoms with Crippen molar-refractivity contribution in [1.29, 1.82) is 0 Å². The minimum absolute atomic E-state index is 0.287. The van der Waals surface area contributed by atoms with Crippen LogP contribution in [0.15, 0.2) is 24.3 Å². The summed E-state index contributed by atoms with van der Waals surface area (Å²) in [6, 6.07) is 9.29. The van der Waals surface area contributed by atoms with Crippen LogP contribution in [-0.4, -0.2) is 25.9 Å². The lowest BCUT2D eigenvalue weighted by atomic mass is 10.00. The summed E-state index contributed by atoms with van der Waals surface area (Å²) < 4.78 is 11.9. The van der Waals surface area contributed by atoms with Gasteiger partial charge in [-0.2, -0.15) is 0 Å². The van der Waals surface area contributed by atoms with Gasteiger partial charge in [-0.1, -0.05) is 96.9 Å². The minimum atomic E-state index is 0.287. The van der Waals surface area contributed by atoms with E-state index < -0.39 is 0 Å². The van der Waals surface area contributed by atoms with Crippen LogP contribution < -0.4 is 0 Å². The number of aryl methyl sites for hydroxylation is 2. The van der Waals surface area contributed by atoms with Crippen molar-refractivity contribution in [3.05, 3.63) is 35.4 Å². The van der Waals surface area contributed by atoms with Crippen molar-refractivity contribution in [2.24, 2.45) is 5.92 Å². The van der Waals surface area contributed by atoms with Crippen LogP contribution in [0.3, 0.4) is 0 Å². The molecule has 1 aromatic rings. The Bertz CT molecular complexity index is 511. The summed E-state index contributed by atoms with van der Waals surface area (Å²) in [4.78, 5) is 0. The van der Waals surface area contributed by atoms with Crippen molar-refractivity contribution < 1.29 is 9.47 Å². The van der Waals surface area contributed by atoms with E-state index in [0.29, 0.717) is 0 Å². The Hall–Kier alpha value is -0.860. The standard InChI is InChI=1S/C29H52O2/c1-5-7-23-31-29(16-6-2)25-30-22-14-10-13-19-28-21-15-20-27(24-28)18-12-9-8-11-17-26(3)4/h15,20-21,24,26,29H,5-14,16-19,22-23,25H2,1-4H3. The van der Waals surface area contributed by atoms with E-state index in [4.69, 9.17) is 9.47 Å². The van der Waals surface area contributed by atoms with Gasteiger partial charge < -0.3 is 9.47 Å². The summed E-state index contributed by atoms with van der Waals surface area (Å²) in [5, 5.41) is 0. The maximum atomic E-state index is 5.95. The monoisotopic (exact) mass is 432 g/mol. The van der Waals surface area contributed by atoms with Gasteiger partial charge in [0.2, 0.25) is 0 Å². The molecule has 0 bridgehead atoms. The van der Waals surface area contributed by atoms with Crippen molar-refractivity contribution in [3.8, 4) is 0 Å². The van der Waals surface area contributed by atoms with Crippen LogP contribution in [0.4, 0.5) is 0 Å². The fourth-order valence-corrected chi connectivity index (χ4v) is 4.03. The topological polar surface area (TPSA) is 18.5 Å². The molecule has 1 rings (SSSR count). The van der Waals surface area contributed by atoms with Crippen LogP contribution in [-0.2, 0) is 22.3 Å². The number of ether oxygens (including phenoxy) is 2. The van der Waals surface area contributed by atoms with Gasteiger partial charge in [0.25, 0.3) is 0 Å². The number of benzene rings is 1. The molecule has 0 N–H and O–H groups in total. The molecule has 0 amide bonds. The third-order valence-electron chi connectivity index (χ3n) is 6.01. The first kappa shape index (κ1) is 28.2. The van der Waals surface area contributed by atoms with Gasteiger partial charge in [-0.05, 0) is 62.0 Å². The highest BCUT2D eigenvalue weighted by Crippen LogP contribution is 2.15. The second kappa shape index (κ2) is 19.8. The average Bonchev–Trinajstić information content (AvgIpc) is 2.75. The lowest BCUT2D eigenvalue weighted by molar-refractivity contribution is -0.0223. The van der Waals surface area contributed by atoms with Gasteiger partial charge >= 0.3 is 0 Å². The third-order valence-corrected chi connectivity index (χ3v) is 6.01. The first-order chi connectivity index (χ1) is 15.2. The first-order valence-electron chi connectivity index (χ1n) is 13.4. The summed E-state index contributed by atoms with van der Waals surface area (Å²) in [7, 11) is 0. The molecule has 2 nitrogen and oxygen atoms in total. The van der Waals surface area contributed by atoms with Gasteiger partial charge in [-0.25, -0.2) is 0 Å². The van der Waals surface area contributed by atoms with E-state index in [2.05, 4.69) is 52.0 Å². The minimum Gasteiger partial charge on any atom is -0.379 e. The zero-order valence-electron chi connectivity index (χ0n) is 21.3. The molecule has 0 fully saturated rings. The molecule has 0 saturated carbocycles. The number of hydrogen-bond acceptors (Lipinski definition) is 2. The smallest absolute Gasteiger partial charge is 0.0808 e. The molecule has 0 aliphatic carbocycles. The van der Waals surface area contributed by atoms with Crippen molar-refractivity contribution in [3.63, 3.8) is 0 Å². The lowest BCUT2D eigenvalue weighted by Crippen LogP contribution is -2.20. The fraction of sp³-hybridized carbons (Fsp3) is 0.793. The second-order valence-corrected chi connectivity index (χ2v) is 9.69. The summed E-state index contributed by atoms with van der Waals surface area (Å²) in [5.74, 6) is 0.853. The summed E-state index contributed by atoms with van der Waals surface area (Å²) in [5.41, 5.74) is 3.03. The molecule has 1 aromatic carbocycles. The molecule has 1 atom stereocenters. The van der Waals surface area contributed by atoms with Crippen LogP contribution in [0.1, 0.15) is 116 Å². The predicted molar refractivity (Wildman–Crippen MR) is 136 cm³/mol. The van der Waals surface area contributed by atoms with Crippen molar-refractivity contribution in [2.75, 3.05) is 19.8 Å². The molecule has 0 spiro atoms. The van der Waals surface area contributed by atoms with Crippen LogP contribution in [0.5, 0.6) is 0 Å². The van der Waals surface area contributed by atoms with Crippen molar-refractivity contribution in [1.82, 2.24) is 0 Å². The molecule has 2 heteroatoms. The van der Waals surface area contributed by atoms with E-state index in [1.807, 2.05) is 0 Å². The zero-order chi connectivity index (χ0) is 22.6. The highest BCUT2D eigenvalue weighted by atomic mass is 16.5. The van der Waals surface area contributed by atoms with Crippen LogP contribution in [0, 0.1) is 5.92 Å². The maximum Gasteiger partial charge on any atom is 0.0808 e. The average molecular weight is 433 g/mol. The van der Waals surface area contributed by atoms with E-state index in [1.54, 1.807) is 0 Å². The highest BCUT2D eigenvalue weighted by molar-refractivity contribution is 5.23. The third kappa shape index (κ3) is 16.4. The normalized spacial score (nSPS) is 12.5. The second-order valence-electron chi connectivity index (χ2n) is 9.69. The Labute approximate surface area is 194 Å². The Morgan fingerprint density at radius 3 is 2.03 bits per heavy atom. The molecule has 1 unspecified atom stereocenters. The van der Waals surface area contributed by atoms with Gasteiger partial charge in [0.05, 0.1) is 12.7 Å². The molecule has 0 heterocycles. The highest BCUT2D eigenvalue weighted by Gasteiger charge is 2.08. The van der Waals surface area contributed by atoms with E-state index in [1.165, 1.54) is 75.3 Å². The molecule has 0 radical (unpaired) electrons. The predicted octanol–water partition coefficient (Wildman–Crippen LogP) is 8.55. The van der Waals surface area contributed by atoms with Gasteiger partial charge in [0.15, 0.2) is 0 Å². The Kier molecular flexibility index (Phi) is 18.0. The molecule has 0 aliphatic heterocycles. The number of unbranched alkanes of at least 4 members (excludes halogenated alkanes) is 6. The van der Waals surface area contributed by atoms with Crippen molar-refractivity contribution in [2.45, 2.75) is 124 Å². The summed E-state index contributed by atoms with van der Waals surface area (Å²) >= 11 is 0. The van der Waals surface area contributed by atoms with Crippen LogP contribution in [0.25, 0.3) is 0 Å². The molecular weight excluding hydrogens is 380 g/mol. The quantitative estimate of drug-likeness (QED) is 0.181. The fourth-order valence-electron chi connectivity index (χ4n) is 4.03. The Morgan fingerprint density at radius 1 is 0.710 bits per heavy atom.